The summed E-state index contributed by atoms with van der Waals surface area (Å²) in [6, 6.07) is 8.15. The molecule has 1 atom stereocenters. The number of carbonyl (C=O) groups excluding carboxylic acids is 3. The number of amides is 1. The summed E-state index contributed by atoms with van der Waals surface area (Å²) in [5.41, 5.74) is -1.36. The third-order valence-corrected chi connectivity index (χ3v) is 3.83. The number of carbonyl (C=O) groups is 3. The van der Waals surface area contributed by atoms with E-state index in [1.54, 1.807) is 52.0 Å². The Bertz CT molecular complexity index is 573. The Morgan fingerprint density at radius 2 is 1.43 bits per heavy atom. The topological polar surface area (TPSA) is 72.5 Å². The Kier molecular flexibility index (Phi) is 5.70. The van der Waals surface area contributed by atoms with Gasteiger partial charge in [-0.3, -0.25) is 9.59 Å². The van der Waals surface area contributed by atoms with E-state index in [9.17, 15) is 14.4 Å². The number of alkyl carbamates (subject to hydrolysis) is 1. The Morgan fingerprint density at radius 1 is 0.957 bits per heavy atom. The molecule has 0 aliphatic carbocycles. The molecule has 1 unspecified atom stereocenters. The lowest BCUT2D eigenvalue weighted by atomic mass is 9.73. The molecular weight excluding hydrogens is 294 g/mol. The van der Waals surface area contributed by atoms with Crippen LogP contribution in [0.5, 0.6) is 0 Å². The largest absolute Gasteiger partial charge is 0.444 e. The zero-order valence-electron chi connectivity index (χ0n) is 14.6. The van der Waals surface area contributed by atoms with Gasteiger partial charge in [0.15, 0.2) is 0 Å². The zero-order valence-corrected chi connectivity index (χ0v) is 14.6. The predicted octanol–water partition coefficient (Wildman–Crippen LogP) is 3.44. The average molecular weight is 319 g/mol. The lowest BCUT2D eigenvalue weighted by Gasteiger charge is -2.34. The minimum absolute atomic E-state index is 0.310. The number of ether oxygens (including phenoxy) is 1. The molecule has 23 heavy (non-hydrogen) atoms. The zero-order chi connectivity index (χ0) is 17.8. The number of ketones is 2. The first kappa shape index (κ1) is 18.9. The van der Waals surface area contributed by atoms with Crippen LogP contribution in [0.2, 0.25) is 0 Å². The molecule has 126 valence electrons. The van der Waals surface area contributed by atoms with E-state index in [0.717, 1.165) is 0 Å². The van der Waals surface area contributed by atoms with E-state index in [2.05, 4.69) is 5.32 Å². The third-order valence-electron chi connectivity index (χ3n) is 3.83. The highest BCUT2D eigenvalue weighted by Crippen LogP contribution is 2.36. The maximum Gasteiger partial charge on any atom is 0.408 e. The van der Waals surface area contributed by atoms with Crippen molar-refractivity contribution in [2.75, 3.05) is 0 Å². The molecule has 0 aromatic heterocycles. The summed E-state index contributed by atoms with van der Waals surface area (Å²) in [6.07, 6.45) is -0.667. The molecule has 1 rings (SSSR count). The van der Waals surface area contributed by atoms with Gasteiger partial charge in [0.1, 0.15) is 22.6 Å². The number of hydrogen-bond acceptors (Lipinski definition) is 4. The standard InChI is InChI=1S/C18H25NO4/c1-12(20)18(6,13(2)21)15(14-10-8-7-9-11-14)19-16(22)23-17(3,4)5/h7-11,15H,1-6H3,(H,19,22). The fraction of sp³-hybridized carbons (Fsp3) is 0.500. The third kappa shape index (κ3) is 4.65. The molecule has 0 aliphatic rings. The minimum atomic E-state index is -1.36. The Balaban J connectivity index is 3.26. The van der Waals surface area contributed by atoms with E-state index in [1.165, 1.54) is 13.8 Å². The van der Waals surface area contributed by atoms with Crippen molar-refractivity contribution in [3.8, 4) is 0 Å². The first-order valence-electron chi connectivity index (χ1n) is 7.55. The fourth-order valence-electron chi connectivity index (χ4n) is 2.29. The number of rotatable bonds is 5. The van der Waals surface area contributed by atoms with Crippen molar-refractivity contribution in [2.45, 2.75) is 53.2 Å². The molecule has 0 saturated heterocycles. The number of hydrogen-bond donors (Lipinski definition) is 1. The second kappa shape index (κ2) is 6.94. The first-order chi connectivity index (χ1) is 10.5. The Hall–Kier alpha value is -2.17. The molecule has 1 aromatic rings. The second-order valence-corrected chi connectivity index (χ2v) is 6.80. The van der Waals surface area contributed by atoms with Gasteiger partial charge in [0.25, 0.3) is 0 Å². The van der Waals surface area contributed by atoms with Gasteiger partial charge in [0, 0.05) is 0 Å². The number of benzene rings is 1. The summed E-state index contributed by atoms with van der Waals surface area (Å²) < 4.78 is 5.27. The molecule has 5 heteroatoms. The van der Waals surface area contributed by atoms with Gasteiger partial charge < -0.3 is 10.1 Å². The molecule has 0 bridgehead atoms. The predicted molar refractivity (Wildman–Crippen MR) is 88.0 cm³/mol. The molecule has 1 amide bonds. The van der Waals surface area contributed by atoms with E-state index >= 15 is 0 Å². The monoisotopic (exact) mass is 319 g/mol. The Labute approximate surface area is 137 Å². The molecule has 0 heterocycles. The van der Waals surface area contributed by atoms with Gasteiger partial charge in [0.2, 0.25) is 0 Å². The summed E-state index contributed by atoms with van der Waals surface area (Å²) in [6.45, 7) is 9.51. The van der Waals surface area contributed by atoms with E-state index < -0.39 is 23.2 Å². The number of Topliss-reactive ketones (excluding diaryl/α,β-unsaturated/α-hetero) is 2. The van der Waals surface area contributed by atoms with Crippen molar-refractivity contribution < 1.29 is 19.1 Å². The van der Waals surface area contributed by atoms with Crippen LogP contribution in [0.1, 0.15) is 53.1 Å². The molecule has 1 N–H and O–H groups in total. The van der Waals surface area contributed by atoms with Crippen LogP contribution in [-0.4, -0.2) is 23.3 Å². The van der Waals surface area contributed by atoms with Crippen molar-refractivity contribution in [1.29, 1.82) is 0 Å². The van der Waals surface area contributed by atoms with Crippen LogP contribution in [0.4, 0.5) is 4.79 Å². The van der Waals surface area contributed by atoms with Crippen molar-refractivity contribution in [1.82, 2.24) is 5.32 Å². The summed E-state index contributed by atoms with van der Waals surface area (Å²) in [5.74, 6) is -0.621. The van der Waals surface area contributed by atoms with Crippen molar-refractivity contribution in [3.63, 3.8) is 0 Å². The molecule has 0 fully saturated rings. The van der Waals surface area contributed by atoms with Crippen LogP contribution in [0.15, 0.2) is 30.3 Å². The molecule has 1 aromatic carbocycles. The van der Waals surface area contributed by atoms with Gasteiger partial charge in [-0.2, -0.15) is 0 Å². The summed E-state index contributed by atoms with van der Waals surface area (Å²) >= 11 is 0. The fourth-order valence-corrected chi connectivity index (χ4v) is 2.29. The number of nitrogens with one attached hydrogen (secondary N) is 1. The minimum Gasteiger partial charge on any atom is -0.444 e. The molecule has 0 spiro atoms. The second-order valence-electron chi connectivity index (χ2n) is 6.80. The van der Waals surface area contributed by atoms with E-state index in [4.69, 9.17) is 4.74 Å². The van der Waals surface area contributed by atoms with Crippen LogP contribution < -0.4 is 5.32 Å². The SMILES string of the molecule is CC(=O)C(C)(C(C)=O)C(NC(=O)OC(C)(C)C)c1ccccc1. The van der Waals surface area contributed by atoms with Crippen LogP contribution in [-0.2, 0) is 14.3 Å². The maximum atomic E-state index is 12.2. The first-order valence-corrected chi connectivity index (χ1v) is 7.55. The van der Waals surface area contributed by atoms with E-state index in [-0.39, 0.29) is 11.6 Å². The Morgan fingerprint density at radius 3 is 1.83 bits per heavy atom. The summed E-state index contributed by atoms with van der Waals surface area (Å²) in [7, 11) is 0. The van der Waals surface area contributed by atoms with Gasteiger partial charge in [-0.25, -0.2) is 4.79 Å². The lowest BCUT2D eigenvalue weighted by Crippen LogP contribution is -2.48. The van der Waals surface area contributed by atoms with Gasteiger partial charge in [-0.15, -0.1) is 0 Å². The summed E-state index contributed by atoms with van der Waals surface area (Å²) in [4.78, 5) is 36.5. The van der Waals surface area contributed by atoms with Gasteiger partial charge >= 0.3 is 6.09 Å². The van der Waals surface area contributed by atoms with E-state index in [0.29, 0.717) is 5.56 Å². The lowest BCUT2D eigenvalue weighted by molar-refractivity contribution is -0.139. The highest BCUT2D eigenvalue weighted by atomic mass is 16.6. The van der Waals surface area contributed by atoms with E-state index in [1.807, 2.05) is 6.07 Å². The molecular formula is C18H25NO4. The highest BCUT2D eigenvalue weighted by Gasteiger charge is 2.45. The molecule has 0 saturated carbocycles. The highest BCUT2D eigenvalue weighted by molar-refractivity contribution is 6.05. The quantitative estimate of drug-likeness (QED) is 0.844. The maximum absolute atomic E-state index is 12.2. The van der Waals surface area contributed by atoms with Crippen molar-refractivity contribution >= 4 is 17.7 Å². The van der Waals surface area contributed by atoms with Crippen LogP contribution in [0, 0.1) is 5.41 Å². The average Bonchev–Trinajstić information content (AvgIpc) is 2.42. The van der Waals surface area contributed by atoms with Crippen molar-refractivity contribution in [3.05, 3.63) is 35.9 Å². The smallest absolute Gasteiger partial charge is 0.408 e. The molecule has 0 radical (unpaired) electrons. The van der Waals surface area contributed by atoms with Crippen LogP contribution in [0.25, 0.3) is 0 Å². The van der Waals surface area contributed by atoms with Crippen molar-refractivity contribution in [2.24, 2.45) is 5.41 Å². The van der Waals surface area contributed by atoms with Crippen LogP contribution in [0.3, 0.4) is 0 Å². The van der Waals surface area contributed by atoms with Gasteiger partial charge in [0.05, 0.1) is 6.04 Å². The normalized spacial score (nSPS) is 13.1. The molecule has 0 aliphatic heterocycles. The van der Waals surface area contributed by atoms with Gasteiger partial charge in [-0.05, 0) is 47.1 Å². The van der Waals surface area contributed by atoms with Crippen LogP contribution >= 0.6 is 0 Å². The van der Waals surface area contributed by atoms with Gasteiger partial charge in [-0.1, -0.05) is 30.3 Å². The summed E-state index contributed by atoms with van der Waals surface area (Å²) in [5, 5.41) is 2.69. The molecule has 5 nitrogen and oxygen atoms in total.